The lowest BCUT2D eigenvalue weighted by atomic mass is 10.4. The zero-order valence-corrected chi connectivity index (χ0v) is 9.64. The highest BCUT2D eigenvalue weighted by molar-refractivity contribution is 5.38. The van der Waals surface area contributed by atoms with E-state index in [0.29, 0.717) is 19.6 Å². The summed E-state index contributed by atoms with van der Waals surface area (Å²) < 4.78 is 42.6. The van der Waals surface area contributed by atoms with Crippen molar-refractivity contribution in [1.82, 2.24) is 9.97 Å². The fourth-order valence-electron chi connectivity index (χ4n) is 1.10. The normalized spacial score (nSPS) is 11.4. The van der Waals surface area contributed by atoms with E-state index in [1.54, 1.807) is 6.92 Å². The van der Waals surface area contributed by atoms with Gasteiger partial charge in [0.25, 0.3) is 0 Å². The van der Waals surface area contributed by atoms with E-state index in [1.165, 1.54) is 6.07 Å². The third-order valence-corrected chi connectivity index (χ3v) is 1.77. The Morgan fingerprint density at radius 2 is 2.00 bits per heavy atom. The maximum Gasteiger partial charge on any atom is 0.451 e. The number of nitrogens with one attached hydrogen (secondary N) is 1. The van der Waals surface area contributed by atoms with Crippen LogP contribution in [0, 0.1) is 0 Å². The monoisotopic (exact) mass is 249 g/mol. The Morgan fingerprint density at radius 1 is 1.29 bits per heavy atom. The van der Waals surface area contributed by atoms with Gasteiger partial charge in [0, 0.05) is 12.6 Å². The Hall–Kier alpha value is -1.53. The predicted molar refractivity (Wildman–Crippen MR) is 57.0 cm³/mol. The molecular formula is C10H14F3N3O. The van der Waals surface area contributed by atoms with Crippen LogP contribution < -0.4 is 10.1 Å². The van der Waals surface area contributed by atoms with E-state index in [1.807, 2.05) is 6.92 Å². The third-order valence-electron chi connectivity index (χ3n) is 1.77. The Balaban J connectivity index is 3.01. The summed E-state index contributed by atoms with van der Waals surface area (Å²) in [6.07, 6.45) is -3.88. The van der Waals surface area contributed by atoms with Gasteiger partial charge in [-0.2, -0.15) is 18.2 Å². The number of aromatic nitrogens is 2. The number of anilines is 1. The molecule has 7 heteroatoms. The lowest BCUT2D eigenvalue weighted by Gasteiger charge is -2.11. The molecule has 1 heterocycles. The molecule has 0 unspecified atom stereocenters. The van der Waals surface area contributed by atoms with Gasteiger partial charge in [0.2, 0.25) is 11.7 Å². The van der Waals surface area contributed by atoms with Gasteiger partial charge in [-0.05, 0) is 13.3 Å². The zero-order chi connectivity index (χ0) is 12.9. The lowest BCUT2D eigenvalue weighted by molar-refractivity contribution is -0.145. The van der Waals surface area contributed by atoms with Crippen LogP contribution in [0.5, 0.6) is 5.88 Å². The Labute approximate surface area is 97.2 Å². The van der Waals surface area contributed by atoms with E-state index in [9.17, 15) is 13.2 Å². The SMILES string of the molecule is CCCOc1cc(NCC)nc(C(F)(F)F)n1. The molecule has 1 rings (SSSR count). The van der Waals surface area contributed by atoms with Crippen molar-refractivity contribution in [3.63, 3.8) is 0 Å². The van der Waals surface area contributed by atoms with Crippen molar-refractivity contribution in [3.05, 3.63) is 11.9 Å². The van der Waals surface area contributed by atoms with Gasteiger partial charge in [-0.25, -0.2) is 4.98 Å². The summed E-state index contributed by atoms with van der Waals surface area (Å²) in [7, 11) is 0. The molecule has 0 saturated heterocycles. The lowest BCUT2D eigenvalue weighted by Crippen LogP contribution is -2.14. The minimum atomic E-state index is -4.57. The van der Waals surface area contributed by atoms with Crippen LogP contribution in [-0.4, -0.2) is 23.1 Å². The van der Waals surface area contributed by atoms with E-state index in [0.717, 1.165) is 0 Å². The highest BCUT2D eigenvalue weighted by atomic mass is 19.4. The second-order valence-electron chi connectivity index (χ2n) is 3.29. The van der Waals surface area contributed by atoms with Crippen molar-refractivity contribution in [3.8, 4) is 5.88 Å². The zero-order valence-electron chi connectivity index (χ0n) is 9.64. The van der Waals surface area contributed by atoms with E-state index < -0.39 is 12.0 Å². The van der Waals surface area contributed by atoms with Crippen molar-refractivity contribution in [1.29, 1.82) is 0 Å². The number of nitrogens with zero attached hydrogens (tertiary/aromatic N) is 2. The summed E-state index contributed by atoms with van der Waals surface area (Å²) in [6, 6.07) is 1.36. The highest BCUT2D eigenvalue weighted by Gasteiger charge is 2.35. The van der Waals surface area contributed by atoms with Crippen molar-refractivity contribution in [2.75, 3.05) is 18.5 Å². The molecule has 0 fully saturated rings. The number of halogens is 3. The average Bonchev–Trinajstić information content (AvgIpc) is 2.25. The number of hydrogen-bond acceptors (Lipinski definition) is 4. The summed E-state index contributed by atoms with van der Waals surface area (Å²) in [6.45, 7) is 4.42. The average molecular weight is 249 g/mol. The van der Waals surface area contributed by atoms with Gasteiger partial charge in [0.1, 0.15) is 5.82 Å². The van der Waals surface area contributed by atoms with Gasteiger partial charge in [0.05, 0.1) is 6.61 Å². The van der Waals surface area contributed by atoms with Gasteiger partial charge in [-0.1, -0.05) is 6.92 Å². The first-order valence-electron chi connectivity index (χ1n) is 5.30. The Bertz CT molecular complexity index is 368. The van der Waals surface area contributed by atoms with Crippen LogP contribution in [0.3, 0.4) is 0 Å². The van der Waals surface area contributed by atoms with E-state index in [4.69, 9.17) is 4.74 Å². The number of alkyl halides is 3. The Kier molecular flexibility index (Phi) is 4.53. The third kappa shape index (κ3) is 4.08. The van der Waals surface area contributed by atoms with Crippen LogP contribution >= 0.6 is 0 Å². The molecule has 0 atom stereocenters. The Morgan fingerprint density at radius 3 is 2.53 bits per heavy atom. The molecule has 0 aliphatic carbocycles. The molecule has 96 valence electrons. The minimum absolute atomic E-state index is 0.0647. The summed E-state index contributed by atoms with van der Waals surface area (Å²) in [5, 5.41) is 2.71. The first-order valence-corrected chi connectivity index (χ1v) is 5.30. The largest absolute Gasteiger partial charge is 0.478 e. The molecule has 0 saturated carbocycles. The van der Waals surface area contributed by atoms with Gasteiger partial charge in [0.15, 0.2) is 0 Å². The number of ether oxygens (including phenoxy) is 1. The second kappa shape index (κ2) is 5.70. The molecule has 1 aromatic heterocycles. The molecule has 0 aromatic carbocycles. The summed E-state index contributed by atoms with van der Waals surface area (Å²) in [4.78, 5) is 6.70. The van der Waals surface area contributed by atoms with Crippen LogP contribution in [0.4, 0.5) is 19.0 Å². The van der Waals surface area contributed by atoms with Crippen LogP contribution in [0.25, 0.3) is 0 Å². The van der Waals surface area contributed by atoms with Crippen molar-refractivity contribution in [2.45, 2.75) is 26.4 Å². The van der Waals surface area contributed by atoms with Gasteiger partial charge < -0.3 is 10.1 Å². The molecule has 1 aromatic rings. The van der Waals surface area contributed by atoms with Crippen LogP contribution in [0.2, 0.25) is 0 Å². The molecule has 0 radical (unpaired) electrons. The van der Waals surface area contributed by atoms with Crippen molar-refractivity contribution < 1.29 is 17.9 Å². The maximum atomic E-state index is 12.5. The molecule has 0 spiro atoms. The molecule has 17 heavy (non-hydrogen) atoms. The molecule has 0 amide bonds. The first kappa shape index (κ1) is 13.5. The van der Waals surface area contributed by atoms with Crippen LogP contribution in [0.15, 0.2) is 6.07 Å². The topological polar surface area (TPSA) is 47.0 Å². The summed E-state index contributed by atoms with van der Waals surface area (Å²) in [5.74, 6) is -1.15. The number of hydrogen-bond donors (Lipinski definition) is 1. The molecule has 0 bridgehead atoms. The quantitative estimate of drug-likeness (QED) is 0.871. The predicted octanol–water partition coefficient (Wildman–Crippen LogP) is 2.72. The molecule has 1 N–H and O–H groups in total. The van der Waals surface area contributed by atoms with Crippen LogP contribution in [-0.2, 0) is 6.18 Å². The smallest absolute Gasteiger partial charge is 0.451 e. The number of rotatable bonds is 5. The fourth-order valence-corrected chi connectivity index (χ4v) is 1.10. The van der Waals surface area contributed by atoms with Gasteiger partial charge >= 0.3 is 6.18 Å². The summed E-state index contributed by atoms with van der Waals surface area (Å²) >= 11 is 0. The van der Waals surface area contributed by atoms with Crippen LogP contribution in [0.1, 0.15) is 26.1 Å². The maximum absolute atomic E-state index is 12.5. The first-order chi connectivity index (χ1) is 7.97. The van der Waals surface area contributed by atoms with E-state index >= 15 is 0 Å². The highest BCUT2D eigenvalue weighted by Crippen LogP contribution is 2.28. The molecule has 4 nitrogen and oxygen atoms in total. The summed E-state index contributed by atoms with van der Waals surface area (Å²) in [5.41, 5.74) is 0. The molecule has 0 aliphatic heterocycles. The van der Waals surface area contributed by atoms with Gasteiger partial charge in [-0.3, -0.25) is 0 Å². The standard InChI is InChI=1S/C10H14F3N3O/c1-3-5-17-8-6-7(14-4-2)15-9(16-8)10(11,12)13/h6H,3-5H2,1-2H3,(H,14,15,16). The molecule has 0 aliphatic rings. The minimum Gasteiger partial charge on any atom is -0.478 e. The second-order valence-corrected chi connectivity index (χ2v) is 3.29. The molecular weight excluding hydrogens is 235 g/mol. The van der Waals surface area contributed by atoms with E-state index in [-0.39, 0.29) is 11.7 Å². The van der Waals surface area contributed by atoms with Crippen molar-refractivity contribution >= 4 is 5.82 Å². The van der Waals surface area contributed by atoms with Crippen molar-refractivity contribution in [2.24, 2.45) is 0 Å². The van der Waals surface area contributed by atoms with Gasteiger partial charge in [-0.15, -0.1) is 0 Å². The fraction of sp³-hybridized carbons (Fsp3) is 0.600. The van der Waals surface area contributed by atoms with E-state index in [2.05, 4.69) is 15.3 Å².